The maximum Gasteiger partial charge on any atom is 0.324 e. The molecule has 6 heteroatoms. The van der Waals surface area contributed by atoms with Crippen molar-refractivity contribution in [2.75, 3.05) is 10.6 Å². The van der Waals surface area contributed by atoms with Gasteiger partial charge in [-0.2, -0.15) is 5.10 Å². The lowest BCUT2D eigenvalue weighted by atomic mass is 10.3. The number of halogens is 1. The first-order chi connectivity index (χ1) is 8.56. The fraction of sp³-hybridized carbons (Fsp3) is 0.167. The molecule has 0 aliphatic rings. The molecule has 1 heterocycles. The first kappa shape index (κ1) is 12.1. The fourth-order valence-corrected chi connectivity index (χ4v) is 1.44. The molecule has 0 aliphatic heterocycles. The number of carbonyl (C=O) groups is 1. The monoisotopic (exact) mass is 248 g/mol. The molecule has 0 aliphatic carbocycles. The molecule has 94 valence electrons. The second-order valence-electron chi connectivity index (χ2n) is 3.91. The van der Waals surface area contributed by atoms with E-state index in [9.17, 15) is 9.18 Å². The van der Waals surface area contributed by atoms with Crippen molar-refractivity contribution < 1.29 is 9.18 Å². The molecule has 0 unspecified atom stereocenters. The number of benzene rings is 1. The summed E-state index contributed by atoms with van der Waals surface area (Å²) in [5.74, 6) is 0.0565. The van der Waals surface area contributed by atoms with Gasteiger partial charge in [-0.05, 0) is 32.0 Å². The van der Waals surface area contributed by atoms with Crippen molar-refractivity contribution in [3.63, 3.8) is 0 Å². The van der Waals surface area contributed by atoms with E-state index in [4.69, 9.17) is 0 Å². The largest absolute Gasteiger partial charge is 0.324 e. The molecule has 1 aromatic heterocycles. The average molecular weight is 248 g/mol. The third-order valence-corrected chi connectivity index (χ3v) is 2.57. The minimum atomic E-state index is -0.463. The standard InChI is InChI=1S/C12H13FN4O/c1-7-8(2)16-17-11(7)15-12(18)14-10-5-3-4-9(13)6-10/h3-6H,1-2H3,(H3,14,15,16,17,18). The summed E-state index contributed by atoms with van der Waals surface area (Å²) in [6.45, 7) is 3.70. The molecule has 18 heavy (non-hydrogen) atoms. The smallest absolute Gasteiger partial charge is 0.308 e. The lowest BCUT2D eigenvalue weighted by Gasteiger charge is -2.06. The van der Waals surface area contributed by atoms with Gasteiger partial charge in [0.15, 0.2) is 5.82 Å². The number of amides is 2. The number of urea groups is 1. The van der Waals surface area contributed by atoms with Crippen LogP contribution in [0, 0.1) is 19.7 Å². The normalized spacial score (nSPS) is 10.2. The molecule has 0 radical (unpaired) electrons. The Labute approximate surface area is 103 Å². The fourth-order valence-electron chi connectivity index (χ4n) is 1.44. The Morgan fingerprint density at radius 3 is 2.72 bits per heavy atom. The number of aryl methyl sites for hydroxylation is 1. The van der Waals surface area contributed by atoms with Crippen molar-refractivity contribution in [1.82, 2.24) is 10.2 Å². The Hall–Kier alpha value is -2.37. The second kappa shape index (κ2) is 4.87. The lowest BCUT2D eigenvalue weighted by Crippen LogP contribution is -2.20. The highest BCUT2D eigenvalue weighted by molar-refractivity contribution is 5.99. The number of nitrogens with zero attached hydrogens (tertiary/aromatic N) is 1. The summed E-state index contributed by atoms with van der Waals surface area (Å²) in [5, 5.41) is 11.8. The van der Waals surface area contributed by atoms with Crippen molar-refractivity contribution in [3.8, 4) is 0 Å². The van der Waals surface area contributed by atoms with Crippen molar-refractivity contribution >= 4 is 17.5 Å². The summed E-state index contributed by atoms with van der Waals surface area (Å²) in [6, 6.07) is 5.21. The molecule has 1 aromatic carbocycles. The number of nitrogens with one attached hydrogen (secondary N) is 3. The molecule has 0 fully saturated rings. The van der Waals surface area contributed by atoms with Crippen LogP contribution in [0.1, 0.15) is 11.3 Å². The van der Waals surface area contributed by atoms with E-state index in [0.717, 1.165) is 11.3 Å². The van der Waals surface area contributed by atoms with E-state index in [1.807, 2.05) is 13.8 Å². The number of aromatic amines is 1. The van der Waals surface area contributed by atoms with Gasteiger partial charge in [0.25, 0.3) is 0 Å². The number of carbonyl (C=O) groups excluding carboxylic acids is 1. The van der Waals surface area contributed by atoms with Crippen molar-refractivity contribution in [1.29, 1.82) is 0 Å². The van der Waals surface area contributed by atoms with Crippen LogP contribution in [0.4, 0.5) is 20.7 Å². The molecule has 0 bridgehead atoms. The van der Waals surface area contributed by atoms with Crippen LogP contribution in [0.15, 0.2) is 24.3 Å². The second-order valence-corrected chi connectivity index (χ2v) is 3.91. The highest BCUT2D eigenvalue weighted by Crippen LogP contribution is 2.14. The molecule has 2 aromatic rings. The van der Waals surface area contributed by atoms with Gasteiger partial charge in [-0.1, -0.05) is 6.07 Å². The predicted molar refractivity (Wildman–Crippen MR) is 67.1 cm³/mol. The van der Waals surface area contributed by atoms with Crippen LogP contribution in [0.5, 0.6) is 0 Å². The van der Waals surface area contributed by atoms with Gasteiger partial charge < -0.3 is 5.32 Å². The predicted octanol–water partition coefficient (Wildman–Crippen LogP) is 2.81. The molecular formula is C12H13FN4O. The van der Waals surface area contributed by atoms with E-state index in [-0.39, 0.29) is 0 Å². The molecule has 0 atom stereocenters. The number of rotatable bonds is 2. The first-order valence-corrected chi connectivity index (χ1v) is 5.41. The van der Waals surface area contributed by atoms with E-state index < -0.39 is 11.8 Å². The third-order valence-electron chi connectivity index (χ3n) is 2.57. The van der Waals surface area contributed by atoms with Crippen molar-refractivity contribution in [2.24, 2.45) is 0 Å². The maximum absolute atomic E-state index is 12.9. The Morgan fingerprint density at radius 1 is 1.33 bits per heavy atom. The molecule has 2 rings (SSSR count). The Kier molecular flexibility index (Phi) is 3.27. The van der Waals surface area contributed by atoms with Gasteiger partial charge in [0.05, 0.1) is 0 Å². The molecular weight excluding hydrogens is 235 g/mol. The van der Waals surface area contributed by atoms with Crippen LogP contribution >= 0.6 is 0 Å². The van der Waals surface area contributed by atoms with Gasteiger partial charge in [0.1, 0.15) is 5.82 Å². The third kappa shape index (κ3) is 2.65. The van der Waals surface area contributed by atoms with Crippen LogP contribution in [-0.4, -0.2) is 16.2 Å². The van der Waals surface area contributed by atoms with Crippen molar-refractivity contribution in [3.05, 3.63) is 41.3 Å². The van der Waals surface area contributed by atoms with Crippen LogP contribution in [0.3, 0.4) is 0 Å². The highest BCUT2D eigenvalue weighted by Gasteiger charge is 2.09. The van der Waals surface area contributed by atoms with E-state index in [1.54, 1.807) is 6.07 Å². The molecule has 2 amide bonds. The van der Waals surface area contributed by atoms with E-state index >= 15 is 0 Å². The molecule has 0 saturated heterocycles. The number of aromatic nitrogens is 2. The Morgan fingerprint density at radius 2 is 2.11 bits per heavy atom. The summed E-state index contributed by atoms with van der Waals surface area (Å²) in [7, 11) is 0. The minimum Gasteiger partial charge on any atom is -0.308 e. The van der Waals surface area contributed by atoms with E-state index in [1.165, 1.54) is 18.2 Å². The topological polar surface area (TPSA) is 69.8 Å². The SMILES string of the molecule is Cc1[nH]nc(NC(=O)Nc2cccc(F)c2)c1C. The van der Waals surface area contributed by atoms with Crippen LogP contribution in [-0.2, 0) is 0 Å². The summed E-state index contributed by atoms with van der Waals surface area (Å²) in [6.07, 6.45) is 0. The van der Waals surface area contributed by atoms with E-state index in [2.05, 4.69) is 20.8 Å². The first-order valence-electron chi connectivity index (χ1n) is 5.41. The van der Waals surface area contributed by atoms with Gasteiger partial charge in [0.2, 0.25) is 0 Å². The number of hydrogen-bond acceptors (Lipinski definition) is 2. The lowest BCUT2D eigenvalue weighted by molar-refractivity contribution is 0.262. The summed E-state index contributed by atoms with van der Waals surface area (Å²) in [4.78, 5) is 11.7. The van der Waals surface area contributed by atoms with Gasteiger partial charge in [0, 0.05) is 16.9 Å². The van der Waals surface area contributed by atoms with Crippen LogP contribution < -0.4 is 10.6 Å². The minimum absolute atomic E-state index is 0.386. The molecule has 0 saturated carbocycles. The zero-order valence-electron chi connectivity index (χ0n) is 10.0. The van der Waals surface area contributed by atoms with Crippen LogP contribution in [0.2, 0.25) is 0 Å². The van der Waals surface area contributed by atoms with Gasteiger partial charge >= 0.3 is 6.03 Å². The van der Waals surface area contributed by atoms with Crippen LogP contribution in [0.25, 0.3) is 0 Å². The number of H-pyrrole nitrogens is 1. The zero-order chi connectivity index (χ0) is 13.1. The highest BCUT2D eigenvalue weighted by atomic mass is 19.1. The average Bonchev–Trinajstić information content (AvgIpc) is 2.61. The zero-order valence-corrected chi connectivity index (χ0v) is 10.0. The maximum atomic E-state index is 12.9. The molecule has 3 N–H and O–H groups in total. The number of hydrogen-bond donors (Lipinski definition) is 3. The summed E-state index contributed by atoms with van der Waals surface area (Å²) < 4.78 is 12.9. The van der Waals surface area contributed by atoms with Gasteiger partial charge in [-0.3, -0.25) is 10.4 Å². The number of anilines is 2. The van der Waals surface area contributed by atoms with E-state index in [0.29, 0.717) is 11.5 Å². The summed E-state index contributed by atoms with van der Waals surface area (Å²) >= 11 is 0. The van der Waals surface area contributed by atoms with Gasteiger partial charge in [-0.25, -0.2) is 9.18 Å². The van der Waals surface area contributed by atoms with Gasteiger partial charge in [-0.15, -0.1) is 0 Å². The molecule has 0 spiro atoms. The summed E-state index contributed by atoms with van der Waals surface area (Å²) in [5.41, 5.74) is 2.14. The Balaban J connectivity index is 2.03. The quantitative estimate of drug-likeness (QED) is 0.764. The van der Waals surface area contributed by atoms with Crippen molar-refractivity contribution in [2.45, 2.75) is 13.8 Å². The Bertz CT molecular complexity index is 579. The molecule has 5 nitrogen and oxygen atoms in total.